The second kappa shape index (κ2) is 8.93. The summed E-state index contributed by atoms with van der Waals surface area (Å²) in [5.41, 5.74) is 2.40. The number of carbonyl (C=O) groups excluding carboxylic acids is 2. The number of likely N-dealkylation sites (tertiary alicyclic amines) is 1. The lowest BCUT2D eigenvalue weighted by Gasteiger charge is -2.30. The van der Waals surface area contributed by atoms with Crippen LogP contribution in [0.25, 0.3) is 10.2 Å². The van der Waals surface area contributed by atoms with E-state index in [1.54, 1.807) is 49.7 Å². The molecule has 1 aliphatic heterocycles. The highest BCUT2D eigenvalue weighted by Crippen LogP contribution is 2.33. The van der Waals surface area contributed by atoms with Gasteiger partial charge < -0.3 is 10.2 Å². The summed E-state index contributed by atoms with van der Waals surface area (Å²) in [5, 5.41) is 4.14. The molecule has 0 bridgehead atoms. The Balaban J connectivity index is 1.27. The summed E-state index contributed by atoms with van der Waals surface area (Å²) in [5.74, 6) is 0.396. The van der Waals surface area contributed by atoms with E-state index in [1.165, 1.54) is 14.6 Å². The fourth-order valence-electron chi connectivity index (χ4n) is 3.76. The summed E-state index contributed by atoms with van der Waals surface area (Å²) in [4.78, 5) is 32.9. The van der Waals surface area contributed by atoms with Gasteiger partial charge in [0, 0.05) is 31.3 Å². The van der Waals surface area contributed by atoms with Gasteiger partial charge in [0.15, 0.2) is 0 Å². The maximum Gasteiger partial charge on any atom is 0.253 e. The van der Waals surface area contributed by atoms with Gasteiger partial charge in [-0.2, -0.15) is 0 Å². The number of para-hydroxylation sites is 1. The first-order chi connectivity index (χ1) is 14.5. The molecule has 2 amide bonds. The Labute approximate surface area is 180 Å². The van der Waals surface area contributed by atoms with Gasteiger partial charge in [-0.3, -0.25) is 14.5 Å². The first-order valence-corrected chi connectivity index (χ1v) is 11.0. The molecule has 1 aliphatic rings. The maximum absolute atomic E-state index is 12.4. The van der Waals surface area contributed by atoms with Crippen molar-refractivity contribution in [3.05, 3.63) is 59.1 Å². The molecule has 4 rings (SSSR count). The van der Waals surface area contributed by atoms with E-state index in [4.69, 9.17) is 4.98 Å². The van der Waals surface area contributed by atoms with Crippen molar-refractivity contribution in [2.24, 2.45) is 0 Å². The lowest BCUT2D eigenvalue weighted by molar-refractivity contribution is -0.117. The van der Waals surface area contributed by atoms with Gasteiger partial charge in [-0.15, -0.1) is 11.3 Å². The third-order valence-corrected chi connectivity index (χ3v) is 6.64. The molecule has 0 atom stereocenters. The zero-order valence-electron chi connectivity index (χ0n) is 17.3. The number of rotatable bonds is 5. The number of piperidine rings is 1. The van der Waals surface area contributed by atoms with E-state index in [0.29, 0.717) is 23.7 Å². The van der Waals surface area contributed by atoms with Crippen LogP contribution in [-0.4, -0.2) is 60.3 Å². The van der Waals surface area contributed by atoms with Crippen molar-refractivity contribution >= 4 is 39.1 Å². The molecule has 6 nitrogen and oxygen atoms in total. The number of aromatic nitrogens is 1. The summed E-state index contributed by atoms with van der Waals surface area (Å²) < 4.78 is 1.24. The number of hydrogen-bond donors (Lipinski definition) is 1. The number of thiazole rings is 1. The van der Waals surface area contributed by atoms with Crippen LogP contribution in [-0.2, 0) is 4.79 Å². The third kappa shape index (κ3) is 4.68. The van der Waals surface area contributed by atoms with Crippen LogP contribution in [0.1, 0.15) is 34.1 Å². The Bertz CT molecular complexity index is 1000. The third-order valence-electron chi connectivity index (χ3n) is 5.44. The number of amides is 2. The van der Waals surface area contributed by atoms with Crippen molar-refractivity contribution in [1.82, 2.24) is 14.8 Å². The maximum atomic E-state index is 12.4. The van der Waals surface area contributed by atoms with Crippen molar-refractivity contribution in [2.75, 3.05) is 39.0 Å². The van der Waals surface area contributed by atoms with E-state index in [9.17, 15) is 9.59 Å². The van der Waals surface area contributed by atoms with Crippen LogP contribution in [0.4, 0.5) is 5.69 Å². The Hall–Kier alpha value is -2.77. The molecule has 0 unspecified atom stereocenters. The quantitative estimate of drug-likeness (QED) is 0.679. The molecule has 1 aromatic heterocycles. The van der Waals surface area contributed by atoms with E-state index in [1.807, 2.05) is 6.07 Å². The van der Waals surface area contributed by atoms with Gasteiger partial charge in [0.05, 0.1) is 21.8 Å². The lowest BCUT2D eigenvalue weighted by atomic mass is 9.97. The lowest BCUT2D eigenvalue weighted by Crippen LogP contribution is -2.38. The number of nitrogens with zero attached hydrogens (tertiary/aromatic N) is 3. The van der Waals surface area contributed by atoms with Gasteiger partial charge in [-0.1, -0.05) is 12.1 Å². The monoisotopic (exact) mass is 422 g/mol. The molecule has 2 heterocycles. The van der Waals surface area contributed by atoms with E-state index >= 15 is 0 Å². The van der Waals surface area contributed by atoms with Crippen molar-refractivity contribution in [2.45, 2.75) is 18.8 Å². The minimum Gasteiger partial charge on any atom is -0.345 e. The number of benzene rings is 2. The molecule has 0 aliphatic carbocycles. The molecule has 30 heavy (non-hydrogen) atoms. The average Bonchev–Trinajstić information content (AvgIpc) is 3.18. The smallest absolute Gasteiger partial charge is 0.253 e. The van der Waals surface area contributed by atoms with Crippen LogP contribution < -0.4 is 5.32 Å². The molecule has 1 fully saturated rings. The SMILES string of the molecule is CN(C)C(=O)c1ccc(NC(=O)CN2CCC(c3nc4ccccc4s3)CC2)cc1. The fourth-order valence-corrected chi connectivity index (χ4v) is 4.90. The number of nitrogens with one attached hydrogen (secondary N) is 1. The molecule has 7 heteroatoms. The van der Waals surface area contributed by atoms with E-state index < -0.39 is 0 Å². The second-order valence-corrected chi connectivity index (χ2v) is 8.96. The molecular formula is C23H26N4O2S. The number of fused-ring (bicyclic) bond motifs is 1. The molecule has 2 aromatic carbocycles. The van der Waals surface area contributed by atoms with E-state index in [2.05, 4.69) is 28.4 Å². The highest BCUT2D eigenvalue weighted by atomic mass is 32.1. The molecule has 0 radical (unpaired) electrons. The van der Waals surface area contributed by atoms with Gasteiger partial charge >= 0.3 is 0 Å². The largest absolute Gasteiger partial charge is 0.345 e. The highest BCUT2D eigenvalue weighted by molar-refractivity contribution is 7.18. The molecule has 3 aromatic rings. The standard InChI is InChI=1S/C23H26N4O2S/c1-26(2)23(29)17-7-9-18(10-8-17)24-21(28)15-27-13-11-16(12-14-27)22-25-19-5-3-4-6-20(19)30-22/h3-10,16H,11-15H2,1-2H3,(H,24,28). The molecule has 1 saturated heterocycles. The minimum absolute atomic E-state index is 0.0277. The molecule has 156 valence electrons. The first kappa shape index (κ1) is 20.5. The van der Waals surface area contributed by atoms with Crippen LogP contribution in [0.2, 0.25) is 0 Å². The highest BCUT2D eigenvalue weighted by Gasteiger charge is 2.24. The molecular weight excluding hydrogens is 396 g/mol. The van der Waals surface area contributed by atoms with Gasteiger partial charge in [-0.25, -0.2) is 4.98 Å². The number of hydrogen-bond acceptors (Lipinski definition) is 5. The predicted molar refractivity (Wildman–Crippen MR) is 121 cm³/mol. The average molecular weight is 423 g/mol. The molecule has 0 spiro atoms. The Morgan fingerprint density at radius 2 is 1.80 bits per heavy atom. The zero-order valence-corrected chi connectivity index (χ0v) is 18.1. The second-order valence-electron chi connectivity index (χ2n) is 7.90. The summed E-state index contributed by atoms with van der Waals surface area (Å²) >= 11 is 1.79. The van der Waals surface area contributed by atoms with Crippen molar-refractivity contribution in [3.63, 3.8) is 0 Å². The summed E-state index contributed by atoms with van der Waals surface area (Å²) in [6.07, 6.45) is 2.04. The van der Waals surface area contributed by atoms with Gasteiger partial charge in [0.25, 0.3) is 5.91 Å². The van der Waals surface area contributed by atoms with Crippen LogP contribution in [0.15, 0.2) is 48.5 Å². The van der Waals surface area contributed by atoms with Crippen LogP contribution in [0, 0.1) is 0 Å². The number of carbonyl (C=O) groups is 2. The van der Waals surface area contributed by atoms with Gasteiger partial charge in [0.1, 0.15) is 0 Å². The van der Waals surface area contributed by atoms with Gasteiger partial charge in [0.2, 0.25) is 5.91 Å². The fraction of sp³-hybridized carbons (Fsp3) is 0.348. The Morgan fingerprint density at radius 3 is 2.47 bits per heavy atom. The van der Waals surface area contributed by atoms with E-state index in [0.717, 1.165) is 31.4 Å². The summed E-state index contributed by atoms with van der Waals surface area (Å²) in [6.45, 7) is 2.17. The summed E-state index contributed by atoms with van der Waals surface area (Å²) in [6, 6.07) is 15.3. The topological polar surface area (TPSA) is 65.5 Å². The first-order valence-electron chi connectivity index (χ1n) is 10.2. The molecule has 1 N–H and O–H groups in total. The van der Waals surface area contributed by atoms with Crippen molar-refractivity contribution < 1.29 is 9.59 Å². The van der Waals surface area contributed by atoms with Crippen molar-refractivity contribution in [1.29, 1.82) is 0 Å². The van der Waals surface area contributed by atoms with Crippen LogP contribution in [0.5, 0.6) is 0 Å². The Morgan fingerprint density at radius 1 is 1.10 bits per heavy atom. The van der Waals surface area contributed by atoms with Crippen LogP contribution >= 0.6 is 11.3 Å². The van der Waals surface area contributed by atoms with Crippen molar-refractivity contribution in [3.8, 4) is 0 Å². The van der Waals surface area contributed by atoms with Gasteiger partial charge in [-0.05, 0) is 62.3 Å². The van der Waals surface area contributed by atoms with E-state index in [-0.39, 0.29) is 11.8 Å². The molecule has 0 saturated carbocycles. The minimum atomic E-state index is -0.0520. The van der Waals surface area contributed by atoms with Crippen LogP contribution in [0.3, 0.4) is 0 Å². The Kier molecular flexibility index (Phi) is 6.11. The normalized spacial score (nSPS) is 15.3. The predicted octanol–water partition coefficient (Wildman–Crippen LogP) is 3.82. The number of anilines is 1. The summed E-state index contributed by atoms with van der Waals surface area (Å²) in [7, 11) is 3.44. The zero-order chi connectivity index (χ0) is 21.1.